The third-order valence-corrected chi connectivity index (χ3v) is 2.03. The lowest BCUT2D eigenvalue weighted by molar-refractivity contribution is -0.121. The summed E-state index contributed by atoms with van der Waals surface area (Å²) in [6, 6.07) is 7.19. The number of amides is 2. The van der Waals surface area contributed by atoms with Crippen molar-refractivity contribution in [3.8, 4) is 0 Å². The minimum atomic E-state index is -0.296. The molecule has 4 nitrogen and oxygen atoms in total. The first-order valence-electron chi connectivity index (χ1n) is 4.80. The monoisotopic (exact) mass is 206 g/mol. The predicted molar refractivity (Wildman–Crippen MR) is 57.1 cm³/mol. The lowest BCUT2D eigenvalue weighted by Gasteiger charge is -2.07. The minimum Gasteiger partial charge on any atom is -0.273 e. The van der Waals surface area contributed by atoms with Crippen LogP contribution in [-0.2, 0) is 4.79 Å². The van der Waals surface area contributed by atoms with Crippen LogP contribution in [0.5, 0.6) is 0 Å². The molecule has 0 aliphatic carbocycles. The maximum atomic E-state index is 11.6. The Labute approximate surface area is 88.6 Å². The highest BCUT2D eigenvalue weighted by Crippen LogP contribution is 2.05. The Bertz CT molecular complexity index is 375. The topological polar surface area (TPSA) is 58.2 Å². The van der Waals surface area contributed by atoms with Crippen molar-refractivity contribution in [2.24, 2.45) is 0 Å². The first-order valence-corrected chi connectivity index (χ1v) is 4.80. The van der Waals surface area contributed by atoms with Gasteiger partial charge in [-0.15, -0.1) is 0 Å². The van der Waals surface area contributed by atoms with E-state index in [4.69, 9.17) is 0 Å². The van der Waals surface area contributed by atoms with Crippen LogP contribution in [0.3, 0.4) is 0 Å². The number of hydrogen-bond acceptors (Lipinski definition) is 2. The quantitative estimate of drug-likeness (QED) is 0.713. The van der Waals surface area contributed by atoms with Crippen LogP contribution in [0, 0.1) is 6.92 Å². The fourth-order valence-corrected chi connectivity index (χ4v) is 1.11. The van der Waals surface area contributed by atoms with E-state index in [1.807, 2.05) is 19.1 Å². The predicted octanol–water partition coefficient (Wildman–Crippen LogP) is 1.17. The van der Waals surface area contributed by atoms with E-state index in [1.54, 1.807) is 19.1 Å². The van der Waals surface area contributed by atoms with Crippen molar-refractivity contribution < 1.29 is 9.59 Å². The second-order valence-corrected chi connectivity index (χ2v) is 3.17. The molecular formula is C11H14N2O2. The van der Waals surface area contributed by atoms with Crippen LogP contribution in [0.2, 0.25) is 0 Å². The summed E-state index contributed by atoms with van der Waals surface area (Å²) >= 11 is 0. The molecule has 0 bridgehead atoms. The smallest absolute Gasteiger partial charge is 0.269 e. The summed E-state index contributed by atoms with van der Waals surface area (Å²) in [4.78, 5) is 22.5. The largest absolute Gasteiger partial charge is 0.273 e. The summed E-state index contributed by atoms with van der Waals surface area (Å²) in [6.45, 7) is 3.56. The first-order chi connectivity index (χ1) is 7.15. The standard InChI is InChI=1S/C11H14N2O2/c1-3-10(14)12-13-11(15)9-7-5-4-6-8(9)2/h4-7H,3H2,1-2H3,(H,12,14)(H,13,15). The number of carbonyl (C=O) groups excluding carboxylic acids is 2. The Kier molecular flexibility index (Phi) is 3.85. The van der Waals surface area contributed by atoms with Gasteiger partial charge in [-0.25, -0.2) is 0 Å². The van der Waals surface area contributed by atoms with Crippen molar-refractivity contribution in [2.45, 2.75) is 20.3 Å². The number of aryl methyl sites for hydroxylation is 1. The molecular weight excluding hydrogens is 192 g/mol. The number of hydrogen-bond donors (Lipinski definition) is 2. The van der Waals surface area contributed by atoms with Gasteiger partial charge in [0.2, 0.25) is 5.91 Å². The molecule has 0 radical (unpaired) electrons. The van der Waals surface area contributed by atoms with Crippen molar-refractivity contribution in [1.82, 2.24) is 10.9 Å². The van der Waals surface area contributed by atoms with E-state index in [1.165, 1.54) is 0 Å². The third kappa shape index (κ3) is 3.09. The molecule has 0 aliphatic heterocycles. The molecule has 0 aliphatic rings. The van der Waals surface area contributed by atoms with E-state index in [0.717, 1.165) is 5.56 Å². The van der Waals surface area contributed by atoms with Gasteiger partial charge in [0, 0.05) is 12.0 Å². The van der Waals surface area contributed by atoms with Gasteiger partial charge in [0.1, 0.15) is 0 Å². The molecule has 0 atom stereocenters. The van der Waals surface area contributed by atoms with Crippen LogP contribution in [0.15, 0.2) is 24.3 Å². The van der Waals surface area contributed by atoms with Gasteiger partial charge < -0.3 is 0 Å². The summed E-state index contributed by atoms with van der Waals surface area (Å²) < 4.78 is 0. The first kappa shape index (κ1) is 11.2. The van der Waals surface area contributed by atoms with Crippen LogP contribution in [-0.4, -0.2) is 11.8 Å². The molecule has 1 aromatic rings. The minimum absolute atomic E-state index is 0.211. The fourth-order valence-electron chi connectivity index (χ4n) is 1.11. The zero-order chi connectivity index (χ0) is 11.3. The van der Waals surface area contributed by atoms with E-state index in [9.17, 15) is 9.59 Å². The lowest BCUT2D eigenvalue weighted by atomic mass is 10.1. The molecule has 0 spiro atoms. The molecule has 2 N–H and O–H groups in total. The van der Waals surface area contributed by atoms with Crippen LogP contribution in [0.25, 0.3) is 0 Å². The summed E-state index contributed by atoms with van der Waals surface area (Å²) in [5.41, 5.74) is 6.11. The van der Waals surface area contributed by atoms with Gasteiger partial charge in [0.25, 0.3) is 5.91 Å². The molecule has 0 saturated heterocycles. The van der Waals surface area contributed by atoms with Gasteiger partial charge in [-0.1, -0.05) is 25.1 Å². The molecule has 2 amide bonds. The maximum absolute atomic E-state index is 11.6. The van der Waals surface area contributed by atoms with Crippen molar-refractivity contribution in [3.05, 3.63) is 35.4 Å². The second kappa shape index (κ2) is 5.14. The fraction of sp³-hybridized carbons (Fsp3) is 0.273. The average molecular weight is 206 g/mol. The Morgan fingerprint density at radius 1 is 1.20 bits per heavy atom. The van der Waals surface area contributed by atoms with Crippen LogP contribution in [0.1, 0.15) is 29.3 Å². The van der Waals surface area contributed by atoms with Gasteiger partial charge in [-0.3, -0.25) is 20.4 Å². The number of carbonyl (C=O) groups is 2. The van der Waals surface area contributed by atoms with Gasteiger partial charge in [0.15, 0.2) is 0 Å². The molecule has 0 saturated carbocycles. The number of nitrogens with one attached hydrogen (secondary N) is 2. The Hall–Kier alpha value is -1.84. The van der Waals surface area contributed by atoms with E-state index >= 15 is 0 Å². The van der Waals surface area contributed by atoms with Gasteiger partial charge in [-0.05, 0) is 18.6 Å². The van der Waals surface area contributed by atoms with E-state index < -0.39 is 0 Å². The van der Waals surface area contributed by atoms with Crippen molar-refractivity contribution in [1.29, 1.82) is 0 Å². The summed E-state index contributed by atoms with van der Waals surface area (Å²) in [7, 11) is 0. The van der Waals surface area contributed by atoms with Crippen LogP contribution < -0.4 is 10.9 Å². The van der Waals surface area contributed by atoms with E-state index in [0.29, 0.717) is 12.0 Å². The van der Waals surface area contributed by atoms with Gasteiger partial charge in [0.05, 0.1) is 0 Å². The highest BCUT2D eigenvalue weighted by atomic mass is 16.2. The summed E-state index contributed by atoms with van der Waals surface area (Å²) in [6.07, 6.45) is 0.341. The molecule has 0 heterocycles. The van der Waals surface area contributed by atoms with Crippen LogP contribution in [0.4, 0.5) is 0 Å². The van der Waals surface area contributed by atoms with Crippen molar-refractivity contribution in [2.75, 3.05) is 0 Å². The maximum Gasteiger partial charge on any atom is 0.269 e. The molecule has 15 heavy (non-hydrogen) atoms. The molecule has 0 unspecified atom stereocenters. The zero-order valence-corrected chi connectivity index (χ0v) is 8.83. The Balaban J connectivity index is 2.62. The lowest BCUT2D eigenvalue weighted by Crippen LogP contribution is -2.41. The Morgan fingerprint density at radius 3 is 2.47 bits per heavy atom. The van der Waals surface area contributed by atoms with Crippen LogP contribution >= 0.6 is 0 Å². The van der Waals surface area contributed by atoms with Gasteiger partial charge >= 0.3 is 0 Å². The molecule has 80 valence electrons. The van der Waals surface area contributed by atoms with E-state index in [-0.39, 0.29) is 11.8 Å². The SMILES string of the molecule is CCC(=O)NNC(=O)c1ccccc1C. The van der Waals surface area contributed by atoms with Crippen molar-refractivity contribution >= 4 is 11.8 Å². The highest BCUT2D eigenvalue weighted by molar-refractivity contribution is 5.96. The number of rotatable bonds is 2. The number of benzene rings is 1. The Morgan fingerprint density at radius 2 is 1.87 bits per heavy atom. The van der Waals surface area contributed by atoms with E-state index in [2.05, 4.69) is 10.9 Å². The zero-order valence-electron chi connectivity index (χ0n) is 8.83. The highest BCUT2D eigenvalue weighted by Gasteiger charge is 2.07. The molecule has 0 fully saturated rings. The second-order valence-electron chi connectivity index (χ2n) is 3.17. The van der Waals surface area contributed by atoms with Crippen molar-refractivity contribution in [3.63, 3.8) is 0 Å². The molecule has 1 aromatic carbocycles. The summed E-state index contributed by atoms with van der Waals surface area (Å²) in [5, 5.41) is 0. The third-order valence-electron chi connectivity index (χ3n) is 2.03. The normalized spacial score (nSPS) is 9.47. The molecule has 1 rings (SSSR count). The average Bonchev–Trinajstić information content (AvgIpc) is 2.26. The number of hydrazine groups is 1. The molecule has 4 heteroatoms. The molecule has 0 aromatic heterocycles. The van der Waals surface area contributed by atoms with Gasteiger partial charge in [-0.2, -0.15) is 0 Å². The summed E-state index contributed by atoms with van der Waals surface area (Å²) in [5.74, 6) is -0.508.